The fraction of sp³-hybridized carbons (Fsp3) is 0.750. The van der Waals surface area contributed by atoms with Crippen molar-refractivity contribution in [1.82, 2.24) is 4.72 Å². The first-order valence-corrected chi connectivity index (χ1v) is 4.89. The summed E-state index contributed by atoms with van der Waals surface area (Å²) in [5.41, 5.74) is 0. The van der Waals surface area contributed by atoms with Gasteiger partial charge < -0.3 is 4.74 Å². The summed E-state index contributed by atoms with van der Waals surface area (Å²) in [6.45, 7) is 0. The standard InChI is InChI=1S/C4H8N4O3S/c1-11-4-5-3(6-7-4)8-12(2,9)10/h4H,1-2H3,(H,5,8). The zero-order valence-electron chi connectivity index (χ0n) is 6.55. The second-order valence-corrected chi connectivity index (χ2v) is 3.85. The molecule has 0 bridgehead atoms. The zero-order valence-corrected chi connectivity index (χ0v) is 7.37. The number of rotatable bonds is 2. The van der Waals surface area contributed by atoms with Gasteiger partial charge in [0, 0.05) is 7.11 Å². The van der Waals surface area contributed by atoms with E-state index in [9.17, 15) is 8.42 Å². The molecule has 1 unspecified atom stereocenters. The molecule has 0 aromatic carbocycles. The van der Waals surface area contributed by atoms with Gasteiger partial charge in [0.05, 0.1) is 6.26 Å². The molecule has 8 heteroatoms. The summed E-state index contributed by atoms with van der Waals surface area (Å²) < 4.78 is 28.0. The number of nitrogens with zero attached hydrogens (tertiary/aromatic N) is 3. The highest BCUT2D eigenvalue weighted by Crippen LogP contribution is 2.03. The molecule has 12 heavy (non-hydrogen) atoms. The fourth-order valence-corrected chi connectivity index (χ4v) is 0.998. The van der Waals surface area contributed by atoms with Crippen LogP contribution in [-0.4, -0.2) is 34.1 Å². The SMILES string of the molecule is COC1N=NC(NS(C)(=O)=O)=N1. The lowest BCUT2D eigenvalue weighted by molar-refractivity contribution is 0.117. The molecule has 1 N–H and O–H groups in total. The molecule has 7 nitrogen and oxygen atoms in total. The monoisotopic (exact) mass is 192 g/mol. The second kappa shape index (κ2) is 3.15. The number of ether oxygens (including phenoxy) is 1. The van der Waals surface area contributed by atoms with Gasteiger partial charge >= 0.3 is 0 Å². The first kappa shape index (κ1) is 9.07. The van der Waals surface area contributed by atoms with Crippen molar-refractivity contribution in [3.8, 4) is 0 Å². The lowest BCUT2D eigenvalue weighted by atomic mass is 11.0. The van der Waals surface area contributed by atoms with Crippen molar-refractivity contribution in [2.75, 3.05) is 13.4 Å². The molecular weight excluding hydrogens is 184 g/mol. The molecule has 1 rings (SSSR count). The number of hydrogen-bond acceptors (Lipinski definition) is 6. The van der Waals surface area contributed by atoms with Crippen molar-refractivity contribution in [1.29, 1.82) is 0 Å². The smallest absolute Gasteiger partial charge is 0.268 e. The molecule has 0 spiro atoms. The van der Waals surface area contributed by atoms with Gasteiger partial charge in [0.2, 0.25) is 10.0 Å². The Bertz CT molecular complexity index is 319. The molecule has 0 aromatic rings. The van der Waals surface area contributed by atoms with Crippen molar-refractivity contribution in [2.45, 2.75) is 6.35 Å². The number of nitrogens with one attached hydrogen (secondary N) is 1. The van der Waals surface area contributed by atoms with Crippen molar-refractivity contribution in [3.05, 3.63) is 0 Å². The maximum absolute atomic E-state index is 10.6. The number of sulfonamides is 1. The quantitative estimate of drug-likeness (QED) is 0.626. The van der Waals surface area contributed by atoms with E-state index in [0.717, 1.165) is 6.26 Å². The summed E-state index contributed by atoms with van der Waals surface area (Å²) in [5.74, 6) is -0.0515. The third-order valence-corrected chi connectivity index (χ3v) is 1.52. The van der Waals surface area contributed by atoms with Crippen LogP contribution in [0.25, 0.3) is 0 Å². The van der Waals surface area contributed by atoms with Crippen LogP contribution in [0.3, 0.4) is 0 Å². The Balaban J connectivity index is 2.64. The molecule has 0 saturated heterocycles. The van der Waals surface area contributed by atoms with E-state index < -0.39 is 16.4 Å². The Morgan fingerprint density at radius 1 is 1.58 bits per heavy atom. The summed E-state index contributed by atoms with van der Waals surface area (Å²) in [6.07, 6.45) is 0.278. The van der Waals surface area contributed by atoms with Crippen molar-refractivity contribution in [2.24, 2.45) is 15.2 Å². The summed E-state index contributed by atoms with van der Waals surface area (Å²) >= 11 is 0. The summed E-state index contributed by atoms with van der Waals surface area (Å²) in [7, 11) is -1.93. The van der Waals surface area contributed by atoms with Crippen LogP contribution in [0.15, 0.2) is 15.2 Å². The van der Waals surface area contributed by atoms with Gasteiger partial charge in [-0.2, -0.15) is 4.99 Å². The molecule has 0 aromatic heterocycles. The largest absolute Gasteiger partial charge is 0.340 e. The molecule has 68 valence electrons. The Morgan fingerprint density at radius 2 is 2.25 bits per heavy atom. The lowest BCUT2D eigenvalue weighted by Gasteiger charge is -1.97. The predicted octanol–water partition coefficient (Wildman–Crippen LogP) is -0.713. The average molecular weight is 192 g/mol. The van der Waals surface area contributed by atoms with E-state index in [1.54, 1.807) is 0 Å². The molecule has 1 heterocycles. The fourth-order valence-electron chi connectivity index (χ4n) is 0.573. The van der Waals surface area contributed by atoms with Crippen molar-refractivity contribution in [3.63, 3.8) is 0 Å². The second-order valence-electron chi connectivity index (χ2n) is 2.10. The molecule has 0 saturated carbocycles. The topological polar surface area (TPSA) is 92.5 Å². The maximum atomic E-state index is 10.6. The number of methoxy groups -OCH3 is 1. The van der Waals surface area contributed by atoms with E-state index in [0.29, 0.717) is 0 Å². The van der Waals surface area contributed by atoms with Gasteiger partial charge in [-0.1, -0.05) is 0 Å². The Kier molecular flexibility index (Phi) is 2.38. The zero-order chi connectivity index (χ0) is 9.19. The molecule has 0 fully saturated rings. The van der Waals surface area contributed by atoms with Gasteiger partial charge in [-0.15, -0.1) is 10.2 Å². The maximum Gasteiger partial charge on any atom is 0.268 e. The predicted molar refractivity (Wildman–Crippen MR) is 41.1 cm³/mol. The lowest BCUT2D eigenvalue weighted by Crippen LogP contribution is -2.27. The third kappa shape index (κ3) is 2.55. The summed E-state index contributed by atoms with van der Waals surface area (Å²) in [4.78, 5) is 3.66. The molecule has 1 aliphatic heterocycles. The summed E-state index contributed by atoms with van der Waals surface area (Å²) in [5, 5.41) is 6.92. The van der Waals surface area contributed by atoms with Crippen LogP contribution in [-0.2, 0) is 14.8 Å². The van der Waals surface area contributed by atoms with Crippen molar-refractivity contribution >= 4 is 16.0 Å². The van der Waals surface area contributed by atoms with E-state index in [1.165, 1.54) is 7.11 Å². The minimum absolute atomic E-state index is 0.0515. The highest BCUT2D eigenvalue weighted by atomic mass is 32.2. The van der Waals surface area contributed by atoms with E-state index in [4.69, 9.17) is 0 Å². The van der Waals surface area contributed by atoms with Crippen LogP contribution < -0.4 is 4.72 Å². The number of azo groups is 1. The first-order valence-electron chi connectivity index (χ1n) is 3.00. The van der Waals surface area contributed by atoms with E-state index in [1.807, 2.05) is 0 Å². The van der Waals surface area contributed by atoms with Crippen LogP contribution in [0.4, 0.5) is 0 Å². The van der Waals surface area contributed by atoms with Crippen LogP contribution in [0.1, 0.15) is 0 Å². The molecule has 1 aliphatic rings. The van der Waals surface area contributed by atoms with Crippen molar-refractivity contribution < 1.29 is 13.2 Å². The molecule has 0 amide bonds. The van der Waals surface area contributed by atoms with Crippen LogP contribution >= 0.6 is 0 Å². The van der Waals surface area contributed by atoms with Gasteiger partial charge in [0.15, 0.2) is 0 Å². The normalized spacial score (nSPS) is 22.5. The number of aliphatic imine (C=N–C) groups is 1. The molecular formula is C4H8N4O3S. The third-order valence-electron chi connectivity index (χ3n) is 0.971. The van der Waals surface area contributed by atoms with Gasteiger partial charge in [0.25, 0.3) is 12.3 Å². The van der Waals surface area contributed by atoms with Gasteiger partial charge in [-0.3, -0.25) is 4.72 Å². The van der Waals surface area contributed by atoms with Crippen LogP contribution in [0.5, 0.6) is 0 Å². The van der Waals surface area contributed by atoms with E-state index in [-0.39, 0.29) is 5.96 Å². The molecule has 1 atom stereocenters. The molecule has 0 radical (unpaired) electrons. The summed E-state index contributed by atoms with van der Waals surface area (Å²) in [6, 6.07) is 0. The Labute approximate surface area is 69.6 Å². The number of guanidine groups is 1. The van der Waals surface area contributed by atoms with Crippen LogP contribution in [0.2, 0.25) is 0 Å². The minimum atomic E-state index is -3.33. The average Bonchev–Trinajstić information content (AvgIpc) is 2.32. The van der Waals surface area contributed by atoms with Gasteiger partial charge in [-0.25, -0.2) is 8.42 Å². The minimum Gasteiger partial charge on any atom is -0.340 e. The first-order chi connectivity index (χ1) is 5.51. The van der Waals surface area contributed by atoms with Gasteiger partial charge in [0.1, 0.15) is 0 Å². The number of hydrogen-bond donors (Lipinski definition) is 1. The van der Waals surface area contributed by atoms with E-state index in [2.05, 4.69) is 24.7 Å². The van der Waals surface area contributed by atoms with Gasteiger partial charge in [-0.05, 0) is 0 Å². The highest BCUT2D eigenvalue weighted by Gasteiger charge is 2.15. The van der Waals surface area contributed by atoms with Crippen LogP contribution in [0, 0.1) is 0 Å². The highest BCUT2D eigenvalue weighted by molar-refractivity contribution is 7.89. The Hall–Kier alpha value is -1.02. The Morgan fingerprint density at radius 3 is 2.67 bits per heavy atom. The molecule has 0 aliphatic carbocycles. The van der Waals surface area contributed by atoms with E-state index >= 15 is 0 Å².